The maximum Gasteiger partial charge on any atom is 0.315 e. The van der Waals surface area contributed by atoms with Gasteiger partial charge >= 0.3 is 5.69 Å². The van der Waals surface area contributed by atoms with Gasteiger partial charge in [-0.05, 0) is 6.07 Å². The van der Waals surface area contributed by atoms with Crippen molar-refractivity contribution in [2.45, 2.75) is 19.3 Å². The molecule has 0 aromatic heterocycles. The lowest BCUT2D eigenvalue weighted by atomic mass is 9.92. The zero-order valence-corrected chi connectivity index (χ0v) is 10.4. The van der Waals surface area contributed by atoms with Gasteiger partial charge in [0.2, 0.25) is 0 Å². The van der Waals surface area contributed by atoms with Crippen LogP contribution in [0.5, 0.6) is 5.75 Å². The van der Waals surface area contributed by atoms with Gasteiger partial charge < -0.3 is 4.74 Å². The number of ketones is 1. The number of carbonyl (C=O) groups is 1. The van der Waals surface area contributed by atoms with Gasteiger partial charge in [-0.15, -0.1) is 6.58 Å². The summed E-state index contributed by atoms with van der Waals surface area (Å²) in [5.74, 6) is -0.639. The van der Waals surface area contributed by atoms with Gasteiger partial charge in [0.05, 0.1) is 18.0 Å². The van der Waals surface area contributed by atoms with Crippen molar-refractivity contribution in [2.75, 3.05) is 7.11 Å². The monoisotopic (exact) mass is 249 g/mol. The van der Waals surface area contributed by atoms with Gasteiger partial charge in [0.15, 0.2) is 5.75 Å². The number of allylic oxidation sites excluding steroid dienone is 1. The highest BCUT2D eigenvalue weighted by Crippen LogP contribution is 2.36. The Hall–Kier alpha value is -2.17. The number of Topliss-reactive ketones (excluding diaryl/α,β-unsaturated/α-hetero) is 1. The summed E-state index contributed by atoms with van der Waals surface area (Å²) in [5.41, 5.74) is 0.146. The molecular formula is C13H15NO4. The smallest absolute Gasteiger partial charge is 0.315 e. The first-order valence-corrected chi connectivity index (χ1v) is 5.53. The largest absolute Gasteiger partial charge is 0.490 e. The van der Waals surface area contributed by atoms with Gasteiger partial charge in [-0.3, -0.25) is 14.9 Å². The summed E-state index contributed by atoms with van der Waals surface area (Å²) < 4.78 is 4.97. The van der Waals surface area contributed by atoms with E-state index < -0.39 is 10.8 Å². The molecule has 0 bridgehead atoms. The van der Waals surface area contributed by atoms with Crippen molar-refractivity contribution in [3.63, 3.8) is 0 Å². The van der Waals surface area contributed by atoms with Crippen molar-refractivity contribution in [3.8, 4) is 5.75 Å². The molecule has 0 spiro atoms. The van der Waals surface area contributed by atoms with Crippen LogP contribution in [0.15, 0.2) is 30.9 Å². The van der Waals surface area contributed by atoms with Crippen LogP contribution in [0.3, 0.4) is 0 Å². The predicted molar refractivity (Wildman–Crippen MR) is 67.9 cm³/mol. The molecule has 1 aromatic carbocycles. The topological polar surface area (TPSA) is 69.4 Å². The Morgan fingerprint density at radius 2 is 2.28 bits per heavy atom. The van der Waals surface area contributed by atoms with Crippen molar-refractivity contribution < 1.29 is 14.5 Å². The second kappa shape index (κ2) is 5.95. The Morgan fingerprint density at radius 3 is 2.72 bits per heavy atom. The highest BCUT2D eigenvalue weighted by Gasteiger charge is 2.27. The number of para-hydroxylation sites is 1. The Labute approximate surface area is 105 Å². The Kier molecular flexibility index (Phi) is 4.59. The number of ether oxygens (including phenoxy) is 1. The second-order valence-electron chi connectivity index (χ2n) is 3.69. The first-order valence-electron chi connectivity index (χ1n) is 5.53. The maximum atomic E-state index is 11.8. The summed E-state index contributed by atoms with van der Waals surface area (Å²) in [6, 6.07) is 4.68. The number of carbonyl (C=O) groups excluding carboxylic acids is 1. The van der Waals surface area contributed by atoms with Crippen LogP contribution in [-0.2, 0) is 4.79 Å². The van der Waals surface area contributed by atoms with Crippen molar-refractivity contribution >= 4 is 11.5 Å². The molecule has 5 heteroatoms. The number of nitro groups is 1. The third-order valence-electron chi connectivity index (χ3n) is 2.70. The molecule has 0 aliphatic heterocycles. The molecule has 0 saturated carbocycles. The molecule has 0 fully saturated rings. The van der Waals surface area contributed by atoms with Crippen molar-refractivity contribution in [2.24, 2.45) is 0 Å². The molecule has 5 nitrogen and oxygen atoms in total. The number of nitro benzene ring substituents is 1. The number of rotatable bonds is 6. The van der Waals surface area contributed by atoms with Gasteiger partial charge in [-0.25, -0.2) is 0 Å². The zero-order chi connectivity index (χ0) is 13.7. The predicted octanol–water partition coefficient (Wildman–Crippen LogP) is 2.85. The van der Waals surface area contributed by atoms with Gasteiger partial charge in [-0.2, -0.15) is 0 Å². The minimum Gasteiger partial charge on any atom is -0.490 e. The lowest BCUT2D eigenvalue weighted by Gasteiger charge is -2.12. The highest BCUT2D eigenvalue weighted by atomic mass is 16.6. The minimum absolute atomic E-state index is 0.110. The quantitative estimate of drug-likeness (QED) is 0.441. The molecule has 1 atom stereocenters. The van der Waals surface area contributed by atoms with E-state index in [0.29, 0.717) is 12.0 Å². The molecule has 0 N–H and O–H groups in total. The van der Waals surface area contributed by atoms with E-state index in [1.807, 2.05) is 0 Å². The number of hydrogen-bond donors (Lipinski definition) is 0. The van der Waals surface area contributed by atoms with Crippen LogP contribution in [-0.4, -0.2) is 17.8 Å². The average Bonchev–Trinajstić information content (AvgIpc) is 2.38. The van der Waals surface area contributed by atoms with E-state index >= 15 is 0 Å². The Balaban J connectivity index is 3.43. The van der Waals surface area contributed by atoms with Crippen LogP contribution in [0, 0.1) is 10.1 Å². The van der Waals surface area contributed by atoms with Crippen LogP contribution >= 0.6 is 0 Å². The third-order valence-corrected chi connectivity index (χ3v) is 2.70. The number of methoxy groups -OCH3 is 1. The highest BCUT2D eigenvalue weighted by molar-refractivity contribution is 5.88. The standard InChI is InChI=1S/C13H15NO4/c1-4-9(11(15)5-2)10-7-6-8-12(18-3)13(10)14(16)17/h4,6-9H,1,5H2,2-3H3. The van der Waals surface area contributed by atoms with E-state index in [1.54, 1.807) is 19.1 Å². The minimum atomic E-state index is -0.675. The average molecular weight is 249 g/mol. The van der Waals surface area contributed by atoms with E-state index in [4.69, 9.17) is 4.74 Å². The summed E-state index contributed by atoms with van der Waals surface area (Å²) in [4.78, 5) is 22.4. The summed E-state index contributed by atoms with van der Waals surface area (Å²) >= 11 is 0. The molecule has 0 heterocycles. The van der Waals surface area contributed by atoms with E-state index in [-0.39, 0.29) is 17.2 Å². The van der Waals surface area contributed by atoms with Crippen LogP contribution in [0.2, 0.25) is 0 Å². The van der Waals surface area contributed by atoms with E-state index in [0.717, 1.165) is 0 Å². The Morgan fingerprint density at radius 1 is 1.61 bits per heavy atom. The summed E-state index contributed by atoms with van der Waals surface area (Å²) in [6.07, 6.45) is 1.72. The fourth-order valence-corrected chi connectivity index (χ4v) is 1.80. The molecule has 0 radical (unpaired) electrons. The Bertz CT molecular complexity index is 482. The molecular weight excluding hydrogens is 234 g/mol. The summed E-state index contributed by atoms with van der Waals surface area (Å²) in [6.45, 7) is 5.29. The van der Waals surface area contributed by atoms with E-state index in [9.17, 15) is 14.9 Å². The van der Waals surface area contributed by atoms with Crippen LogP contribution < -0.4 is 4.74 Å². The number of nitrogens with zero attached hydrogens (tertiary/aromatic N) is 1. The molecule has 0 amide bonds. The summed E-state index contributed by atoms with van der Waals surface area (Å²) in [5, 5.41) is 11.1. The molecule has 0 aliphatic rings. The van der Waals surface area contributed by atoms with E-state index in [1.165, 1.54) is 19.3 Å². The van der Waals surface area contributed by atoms with Crippen molar-refractivity contribution in [3.05, 3.63) is 46.5 Å². The lowest BCUT2D eigenvalue weighted by molar-refractivity contribution is -0.386. The van der Waals surface area contributed by atoms with Crippen LogP contribution in [0.1, 0.15) is 24.8 Å². The molecule has 96 valence electrons. The van der Waals surface area contributed by atoms with Crippen LogP contribution in [0.25, 0.3) is 0 Å². The molecule has 18 heavy (non-hydrogen) atoms. The molecule has 0 aliphatic carbocycles. The van der Waals surface area contributed by atoms with Crippen molar-refractivity contribution in [1.29, 1.82) is 0 Å². The second-order valence-corrected chi connectivity index (χ2v) is 3.69. The fraction of sp³-hybridized carbons (Fsp3) is 0.308. The van der Waals surface area contributed by atoms with Crippen molar-refractivity contribution in [1.82, 2.24) is 0 Å². The van der Waals surface area contributed by atoms with Crippen LogP contribution in [0.4, 0.5) is 5.69 Å². The van der Waals surface area contributed by atoms with Gasteiger partial charge in [0.1, 0.15) is 5.78 Å². The normalized spacial score (nSPS) is 11.7. The van der Waals surface area contributed by atoms with E-state index in [2.05, 4.69) is 6.58 Å². The summed E-state index contributed by atoms with van der Waals surface area (Å²) in [7, 11) is 1.36. The SMILES string of the molecule is C=CC(C(=O)CC)c1cccc(OC)c1[N+](=O)[O-]. The molecule has 0 saturated heterocycles. The fourth-order valence-electron chi connectivity index (χ4n) is 1.80. The lowest BCUT2D eigenvalue weighted by Crippen LogP contribution is -2.11. The third kappa shape index (κ3) is 2.56. The molecule has 1 unspecified atom stereocenters. The zero-order valence-electron chi connectivity index (χ0n) is 10.4. The van der Waals surface area contributed by atoms with Gasteiger partial charge in [0.25, 0.3) is 0 Å². The maximum absolute atomic E-state index is 11.8. The van der Waals surface area contributed by atoms with Gasteiger partial charge in [-0.1, -0.05) is 25.1 Å². The number of hydrogen-bond acceptors (Lipinski definition) is 4. The first kappa shape index (κ1) is 13.9. The molecule has 1 rings (SSSR count). The molecule has 1 aromatic rings. The first-order chi connectivity index (χ1) is 8.56. The van der Waals surface area contributed by atoms with Gasteiger partial charge in [0, 0.05) is 12.0 Å². The number of benzene rings is 1.